The highest BCUT2D eigenvalue weighted by Crippen LogP contribution is 2.15. The van der Waals surface area contributed by atoms with Crippen LogP contribution in [0.4, 0.5) is 5.69 Å². The van der Waals surface area contributed by atoms with Gasteiger partial charge in [-0.2, -0.15) is 0 Å². The molecule has 110 valence electrons. The van der Waals surface area contributed by atoms with Crippen molar-refractivity contribution in [2.24, 2.45) is 0 Å². The third-order valence-electron chi connectivity index (χ3n) is 3.12. The maximum atomic E-state index is 12.1. The molecule has 1 amide bonds. The van der Waals surface area contributed by atoms with Crippen LogP contribution in [0, 0.1) is 6.92 Å². The number of hydrogen-bond donors (Lipinski definition) is 1. The molecular weight excluding hydrogens is 286 g/mol. The molecule has 0 aromatic heterocycles. The average Bonchev–Trinajstić information content (AvgIpc) is 2.49. The molecule has 4 nitrogen and oxygen atoms in total. The Balaban J connectivity index is 1.97. The van der Waals surface area contributed by atoms with E-state index in [-0.39, 0.29) is 23.0 Å². The van der Waals surface area contributed by atoms with Crippen molar-refractivity contribution >= 4 is 21.4 Å². The quantitative estimate of drug-likeness (QED) is 0.924. The van der Waals surface area contributed by atoms with Gasteiger partial charge in [0.2, 0.25) is 5.91 Å². The molecule has 0 fully saturated rings. The van der Waals surface area contributed by atoms with Gasteiger partial charge in [0.25, 0.3) is 0 Å². The van der Waals surface area contributed by atoms with Gasteiger partial charge in [0.05, 0.1) is 10.6 Å². The van der Waals surface area contributed by atoms with Crippen molar-refractivity contribution in [2.75, 3.05) is 11.1 Å². The van der Waals surface area contributed by atoms with Crippen LogP contribution in [0.5, 0.6) is 0 Å². The first-order chi connectivity index (χ1) is 9.99. The van der Waals surface area contributed by atoms with E-state index in [4.69, 9.17) is 0 Å². The molecule has 1 N–H and O–H groups in total. The van der Waals surface area contributed by atoms with Crippen LogP contribution >= 0.6 is 0 Å². The normalized spacial score (nSPS) is 11.1. The van der Waals surface area contributed by atoms with E-state index < -0.39 is 9.84 Å². The lowest BCUT2D eigenvalue weighted by atomic mass is 10.2. The summed E-state index contributed by atoms with van der Waals surface area (Å²) in [7, 11) is -3.42. The zero-order valence-electron chi connectivity index (χ0n) is 11.7. The molecule has 0 radical (unpaired) electrons. The number of carbonyl (C=O) groups excluding carboxylic acids is 1. The van der Waals surface area contributed by atoms with E-state index in [1.807, 2.05) is 25.1 Å². The Labute approximate surface area is 124 Å². The second-order valence-electron chi connectivity index (χ2n) is 4.75. The zero-order chi connectivity index (χ0) is 15.3. The van der Waals surface area contributed by atoms with Gasteiger partial charge >= 0.3 is 0 Å². The molecule has 2 rings (SSSR count). The van der Waals surface area contributed by atoms with E-state index in [9.17, 15) is 13.2 Å². The number of anilines is 1. The molecule has 0 unspecified atom stereocenters. The van der Waals surface area contributed by atoms with Crippen molar-refractivity contribution in [1.29, 1.82) is 0 Å². The summed E-state index contributed by atoms with van der Waals surface area (Å²) >= 11 is 0. The van der Waals surface area contributed by atoms with E-state index in [0.29, 0.717) is 5.69 Å². The number of sulfone groups is 1. The van der Waals surface area contributed by atoms with Crippen molar-refractivity contribution in [1.82, 2.24) is 0 Å². The highest BCUT2D eigenvalue weighted by atomic mass is 32.2. The monoisotopic (exact) mass is 303 g/mol. The molecule has 2 aromatic rings. The summed E-state index contributed by atoms with van der Waals surface area (Å²) < 4.78 is 24.2. The number of hydrogen-bond acceptors (Lipinski definition) is 3. The van der Waals surface area contributed by atoms with Gasteiger partial charge in [-0.25, -0.2) is 8.42 Å². The van der Waals surface area contributed by atoms with Crippen molar-refractivity contribution in [2.45, 2.75) is 18.2 Å². The molecule has 0 aliphatic rings. The first-order valence-corrected chi connectivity index (χ1v) is 8.27. The minimum absolute atomic E-state index is 0.0639. The Morgan fingerprint density at radius 1 is 1.00 bits per heavy atom. The molecule has 21 heavy (non-hydrogen) atoms. The lowest BCUT2D eigenvalue weighted by Crippen LogP contribution is -2.17. The van der Waals surface area contributed by atoms with Crippen LogP contribution in [0.15, 0.2) is 59.5 Å². The Morgan fingerprint density at radius 2 is 1.62 bits per heavy atom. The van der Waals surface area contributed by atoms with Crippen LogP contribution in [0.3, 0.4) is 0 Å². The lowest BCUT2D eigenvalue weighted by molar-refractivity contribution is -0.115. The van der Waals surface area contributed by atoms with Gasteiger partial charge < -0.3 is 5.32 Å². The molecule has 0 saturated heterocycles. The summed E-state index contributed by atoms with van der Waals surface area (Å²) in [5, 5.41) is 2.73. The number of nitrogens with one attached hydrogen (secondary N) is 1. The van der Waals surface area contributed by atoms with Crippen LogP contribution in [0.1, 0.15) is 12.0 Å². The summed E-state index contributed by atoms with van der Waals surface area (Å²) in [5.74, 6) is -0.502. The number of carbonyl (C=O) groups is 1. The number of aryl methyl sites for hydroxylation is 1. The van der Waals surface area contributed by atoms with Crippen molar-refractivity contribution in [3.05, 3.63) is 60.2 Å². The summed E-state index contributed by atoms with van der Waals surface area (Å²) in [6.07, 6.45) is -0.0639. The second kappa shape index (κ2) is 6.54. The first kappa shape index (κ1) is 15.3. The summed E-state index contributed by atoms with van der Waals surface area (Å²) in [4.78, 5) is 12.1. The van der Waals surface area contributed by atoms with Crippen molar-refractivity contribution in [3.8, 4) is 0 Å². The Kier molecular flexibility index (Phi) is 4.75. The number of amides is 1. The fourth-order valence-corrected chi connectivity index (χ4v) is 3.16. The smallest absolute Gasteiger partial charge is 0.225 e. The van der Waals surface area contributed by atoms with E-state index >= 15 is 0 Å². The Hall–Kier alpha value is -2.14. The van der Waals surface area contributed by atoms with Gasteiger partial charge in [-0.3, -0.25) is 4.79 Å². The fourth-order valence-electron chi connectivity index (χ4n) is 1.90. The number of benzene rings is 2. The van der Waals surface area contributed by atoms with Crippen LogP contribution in [-0.2, 0) is 14.6 Å². The highest BCUT2D eigenvalue weighted by Gasteiger charge is 2.16. The minimum Gasteiger partial charge on any atom is -0.326 e. The van der Waals surface area contributed by atoms with Gasteiger partial charge in [0.1, 0.15) is 0 Å². The van der Waals surface area contributed by atoms with Gasteiger partial charge in [-0.15, -0.1) is 0 Å². The molecule has 0 spiro atoms. The molecule has 0 heterocycles. The third kappa shape index (κ3) is 4.16. The molecule has 0 saturated carbocycles. The molecule has 0 aliphatic heterocycles. The van der Waals surface area contributed by atoms with Crippen molar-refractivity contribution in [3.63, 3.8) is 0 Å². The zero-order valence-corrected chi connectivity index (χ0v) is 12.6. The topological polar surface area (TPSA) is 63.2 Å². The number of rotatable bonds is 5. The summed E-state index contributed by atoms with van der Waals surface area (Å²) in [6, 6.07) is 15.5. The predicted octanol–water partition coefficient (Wildman–Crippen LogP) is 2.80. The van der Waals surface area contributed by atoms with Crippen LogP contribution in [-0.4, -0.2) is 20.1 Å². The second-order valence-corrected chi connectivity index (χ2v) is 6.85. The van der Waals surface area contributed by atoms with Crippen molar-refractivity contribution < 1.29 is 13.2 Å². The SMILES string of the molecule is Cc1ccccc1NC(=O)CCS(=O)(=O)c1ccccc1. The average molecular weight is 303 g/mol. The third-order valence-corrected chi connectivity index (χ3v) is 4.85. The van der Waals surface area contributed by atoms with Gasteiger partial charge in [-0.05, 0) is 30.7 Å². The lowest BCUT2D eigenvalue weighted by Gasteiger charge is -2.08. The maximum Gasteiger partial charge on any atom is 0.225 e. The van der Waals surface area contributed by atoms with Crippen LogP contribution in [0.25, 0.3) is 0 Å². The van der Waals surface area contributed by atoms with Gasteiger partial charge in [-0.1, -0.05) is 36.4 Å². The van der Waals surface area contributed by atoms with Crippen LogP contribution < -0.4 is 5.32 Å². The largest absolute Gasteiger partial charge is 0.326 e. The minimum atomic E-state index is -3.42. The fraction of sp³-hybridized carbons (Fsp3) is 0.188. The Morgan fingerprint density at radius 3 is 2.29 bits per heavy atom. The van der Waals surface area contributed by atoms with Crippen LogP contribution in [0.2, 0.25) is 0 Å². The maximum absolute atomic E-state index is 12.1. The summed E-state index contributed by atoms with van der Waals surface area (Å²) in [6.45, 7) is 1.89. The molecule has 2 aromatic carbocycles. The molecular formula is C16H17NO3S. The van der Waals surface area contributed by atoms with E-state index in [0.717, 1.165) is 5.56 Å². The van der Waals surface area contributed by atoms with Gasteiger partial charge in [0.15, 0.2) is 9.84 Å². The van der Waals surface area contributed by atoms with E-state index in [1.54, 1.807) is 24.3 Å². The number of para-hydroxylation sites is 1. The molecule has 0 bridgehead atoms. The van der Waals surface area contributed by atoms with Gasteiger partial charge in [0, 0.05) is 12.1 Å². The molecule has 0 aliphatic carbocycles. The Bertz CT molecular complexity index is 724. The molecule has 0 atom stereocenters. The van der Waals surface area contributed by atoms with E-state index in [1.165, 1.54) is 12.1 Å². The predicted molar refractivity (Wildman–Crippen MR) is 82.9 cm³/mol. The standard InChI is InChI=1S/C16H17NO3S/c1-13-7-5-6-10-15(13)17-16(18)11-12-21(19,20)14-8-3-2-4-9-14/h2-10H,11-12H2,1H3,(H,17,18). The highest BCUT2D eigenvalue weighted by molar-refractivity contribution is 7.91. The van der Waals surface area contributed by atoms with E-state index in [2.05, 4.69) is 5.32 Å². The molecule has 5 heteroatoms. The summed E-state index contributed by atoms with van der Waals surface area (Å²) in [5.41, 5.74) is 1.65. The first-order valence-electron chi connectivity index (χ1n) is 6.62.